The van der Waals surface area contributed by atoms with E-state index in [0.29, 0.717) is 29.5 Å². The first-order valence-corrected chi connectivity index (χ1v) is 11.3. The van der Waals surface area contributed by atoms with E-state index >= 15 is 0 Å². The number of hydrogen-bond acceptors (Lipinski definition) is 5. The minimum absolute atomic E-state index is 0.0472. The van der Waals surface area contributed by atoms with Crippen LogP contribution in [-0.2, 0) is 16.0 Å². The minimum atomic E-state index is -0.308. The van der Waals surface area contributed by atoms with Crippen molar-refractivity contribution in [1.29, 1.82) is 0 Å². The summed E-state index contributed by atoms with van der Waals surface area (Å²) < 4.78 is 0. The Labute approximate surface area is 181 Å². The number of unbranched alkanes of at least 4 members (excludes halogenated alkanes) is 2. The Morgan fingerprint density at radius 3 is 2.50 bits per heavy atom. The van der Waals surface area contributed by atoms with Gasteiger partial charge in [-0.05, 0) is 25.0 Å². The Bertz CT molecular complexity index is 823. The molecule has 0 unspecified atom stereocenters. The Balaban J connectivity index is 1.86. The van der Waals surface area contributed by atoms with E-state index in [0.717, 1.165) is 25.7 Å². The predicted molar refractivity (Wildman–Crippen MR) is 120 cm³/mol. The molecule has 0 fully saturated rings. The molecule has 0 saturated carbocycles. The zero-order valence-electron chi connectivity index (χ0n) is 17.6. The van der Waals surface area contributed by atoms with E-state index in [4.69, 9.17) is 0 Å². The number of aromatic nitrogens is 1. The number of nitrogens with zero attached hydrogens (tertiary/aromatic N) is 2. The monoisotopic (exact) mass is 430 g/mol. The molecule has 0 radical (unpaired) electrons. The Morgan fingerprint density at radius 1 is 1.03 bits per heavy atom. The Hall–Kier alpha value is -2.74. The van der Waals surface area contributed by atoms with Gasteiger partial charge >= 0.3 is 0 Å². The quantitative estimate of drug-likeness (QED) is 0.504. The van der Waals surface area contributed by atoms with Crippen LogP contribution in [-0.4, -0.2) is 47.2 Å². The Kier molecular flexibility index (Phi) is 10.00. The van der Waals surface area contributed by atoms with Crippen molar-refractivity contribution in [3.63, 3.8) is 0 Å². The molecule has 0 saturated heterocycles. The first-order chi connectivity index (χ1) is 14.5. The largest absolute Gasteiger partial charge is 0.356 e. The molecule has 2 aromatic rings. The van der Waals surface area contributed by atoms with Crippen LogP contribution in [0.25, 0.3) is 0 Å². The fourth-order valence-corrected chi connectivity index (χ4v) is 3.62. The van der Waals surface area contributed by atoms with Crippen molar-refractivity contribution in [1.82, 2.24) is 15.2 Å². The number of rotatable bonds is 12. The highest BCUT2D eigenvalue weighted by Gasteiger charge is 2.19. The van der Waals surface area contributed by atoms with Crippen LogP contribution in [0.4, 0.5) is 5.13 Å². The highest BCUT2D eigenvalue weighted by molar-refractivity contribution is 7.13. The molecule has 0 aliphatic heterocycles. The fraction of sp³-hybridized carbons (Fsp3) is 0.455. The van der Waals surface area contributed by atoms with Crippen molar-refractivity contribution >= 4 is 34.2 Å². The van der Waals surface area contributed by atoms with Gasteiger partial charge in [0.15, 0.2) is 5.13 Å². The van der Waals surface area contributed by atoms with Gasteiger partial charge in [0.05, 0.1) is 12.1 Å². The van der Waals surface area contributed by atoms with Crippen molar-refractivity contribution in [2.24, 2.45) is 0 Å². The summed E-state index contributed by atoms with van der Waals surface area (Å²) in [7, 11) is 0. The lowest BCUT2D eigenvalue weighted by molar-refractivity contribution is -0.120. The third-order valence-electron chi connectivity index (χ3n) is 4.38. The van der Waals surface area contributed by atoms with Crippen molar-refractivity contribution in [2.75, 3.05) is 25.0 Å². The van der Waals surface area contributed by atoms with Gasteiger partial charge in [0, 0.05) is 24.0 Å². The van der Waals surface area contributed by atoms with E-state index in [1.807, 2.05) is 13.0 Å². The van der Waals surface area contributed by atoms with Gasteiger partial charge in [-0.2, -0.15) is 0 Å². The molecular formula is C22H30N4O3S. The molecule has 3 amide bonds. The lowest BCUT2D eigenvalue weighted by atomic mass is 10.2. The van der Waals surface area contributed by atoms with Crippen LogP contribution in [0.5, 0.6) is 0 Å². The van der Waals surface area contributed by atoms with E-state index in [-0.39, 0.29) is 30.7 Å². The number of anilines is 1. The summed E-state index contributed by atoms with van der Waals surface area (Å²) in [5, 5.41) is 7.80. The Morgan fingerprint density at radius 2 is 1.80 bits per heavy atom. The summed E-state index contributed by atoms with van der Waals surface area (Å²) in [5.74, 6) is -0.554. The maximum absolute atomic E-state index is 12.7. The summed E-state index contributed by atoms with van der Waals surface area (Å²) in [6.07, 6.45) is 4.11. The number of carbonyl (C=O) groups excluding carboxylic acids is 3. The fourth-order valence-electron chi connectivity index (χ4n) is 2.89. The average molecular weight is 431 g/mol. The average Bonchev–Trinajstić information content (AvgIpc) is 3.17. The van der Waals surface area contributed by atoms with Gasteiger partial charge in [0.1, 0.15) is 6.54 Å². The van der Waals surface area contributed by atoms with Gasteiger partial charge in [-0.25, -0.2) is 4.98 Å². The van der Waals surface area contributed by atoms with Crippen LogP contribution in [0, 0.1) is 0 Å². The smallest absolute Gasteiger partial charge is 0.254 e. The summed E-state index contributed by atoms with van der Waals surface area (Å²) in [5.41, 5.74) is 1.18. The van der Waals surface area contributed by atoms with Crippen LogP contribution in [0.1, 0.15) is 55.6 Å². The summed E-state index contributed by atoms with van der Waals surface area (Å²) in [4.78, 5) is 42.9. The summed E-state index contributed by atoms with van der Waals surface area (Å²) in [6.45, 7) is 5.19. The molecule has 1 heterocycles. The van der Waals surface area contributed by atoms with Crippen molar-refractivity contribution in [2.45, 2.75) is 46.0 Å². The molecule has 162 valence electrons. The van der Waals surface area contributed by atoms with Crippen LogP contribution in [0.15, 0.2) is 35.7 Å². The molecule has 7 nitrogen and oxygen atoms in total. The van der Waals surface area contributed by atoms with E-state index in [1.165, 1.54) is 16.2 Å². The first kappa shape index (κ1) is 23.5. The third-order valence-corrected chi connectivity index (χ3v) is 5.18. The second-order valence-electron chi connectivity index (χ2n) is 7.02. The van der Waals surface area contributed by atoms with Gasteiger partial charge in [-0.15, -0.1) is 11.3 Å². The maximum Gasteiger partial charge on any atom is 0.254 e. The second kappa shape index (κ2) is 12.7. The van der Waals surface area contributed by atoms with Crippen molar-refractivity contribution in [3.8, 4) is 0 Å². The normalized spacial score (nSPS) is 10.5. The maximum atomic E-state index is 12.7. The molecule has 0 bridgehead atoms. The van der Waals surface area contributed by atoms with Gasteiger partial charge in [0.25, 0.3) is 5.91 Å². The van der Waals surface area contributed by atoms with Crippen molar-refractivity contribution in [3.05, 3.63) is 47.0 Å². The van der Waals surface area contributed by atoms with E-state index in [2.05, 4.69) is 22.5 Å². The van der Waals surface area contributed by atoms with E-state index in [9.17, 15) is 14.4 Å². The number of carbonyl (C=O) groups is 3. The highest BCUT2D eigenvalue weighted by atomic mass is 32.1. The minimum Gasteiger partial charge on any atom is -0.356 e. The van der Waals surface area contributed by atoms with Gasteiger partial charge < -0.3 is 15.5 Å². The molecule has 2 rings (SSSR count). The lowest BCUT2D eigenvalue weighted by Gasteiger charge is -2.21. The topological polar surface area (TPSA) is 91.4 Å². The molecular weight excluding hydrogens is 400 g/mol. The first-order valence-electron chi connectivity index (χ1n) is 10.4. The van der Waals surface area contributed by atoms with Crippen LogP contribution < -0.4 is 10.6 Å². The molecule has 0 spiro atoms. The van der Waals surface area contributed by atoms with Crippen LogP contribution in [0.2, 0.25) is 0 Å². The summed E-state index contributed by atoms with van der Waals surface area (Å²) >= 11 is 1.27. The van der Waals surface area contributed by atoms with E-state index in [1.54, 1.807) is 29.6 Å². The third kappa shape index (κ3) is 7.94. The number of nitrogens with one attached hydrogen (secondary N) is 2. The SMILES string of the molecule is CCCCCNC(=O)Cc1csc(NC(=O)CN(CCC)C(=O)c2ccccc2)n1. The van der Waals surface area contributed by atoms with Crippen LogP contribution >= 0.6 is 11.3 Å². The molecule has 8 heteroatoms. The molecule has 1 aromatic carbocycles. The molecule has 30 heavy (non-hydrogen) atoms. The molecule has 0 aliphatic carbocycles. The molecule has 2 N–H and O–H groups in total. The van der Waals surface area contributed by atoms with Gasteiger partial charge in [-0.3, -0.25) is 14.4 Å². The zero-order chi connectivity index (χ0) is 21.8. The van der Waals surface area contributed by atoms with Gasteiger partial charge in [0.2, 0.25) is 11.8 Å². The lowest BCUT2D eigenvalue weighted by Crippen LogP contribution is -2.38. The highest BCUT2D eigenvalue weighted by Crippen LogP contribution is 2.16. The van der Waals surface area contributed by atoms with Crippen LogP contribution in [0.3, 0.4) is 0 Å². The number of hydrogen-bond donors (Lipinski definition) is 2. The predicted octanol–water partition coefficient (Wildman–Crippen LogP) is 3.48. The second-order valence-corrected chi connectivity index (χ2v) is 7.88. The number of benzene rings is 1. The molecule has 0 atom stereocenters. The zero-order valence-corrected chi connectivity index (χ0v) is 18.5. The molecule has 1 aromatic heterocycles. The summed E-state index contributed by atoms with van der Waals surface area (Å²) in [6, 6.07) is 8.93. The molecule has 0 aliphatic rings. The van der Waals surface area contributed by atoms with Gasteiger partial charge in [-0.1, -0.05) is 44.9 Å². The number of thiazole rings is 1. The van der Waals surface area contributed by atoms with E-state index < -0.39 is 0 Å². The van der Waals surface area contributed by atoms with Crippen molar-refractivity contribution < 1.29 is 14.4 Å². The number of amides is 3. The standard InChI is InChI=1S/C22H30N4O3S/c1-3-5-9-12-23-19(27)14-18-16-30-22(24-18)25-20(28)15-26(13-4-2)21(29)17-10-7-6-8-11-17/h6-8,10-11,16H,3-5,9,12-15H2,1-2H3,(H,23,27)(H,24,25,28).